The van der Waals surface area contributed by atoms with E-state index >= 15 is 0 Å². The minimum absolute atomic E-state index is 0.0755. The first-order valence-corrected chi connectivity index (χ1v) is 9.91. The number of nitrogens with zero attached hydrogens (tertiary/aromatic N) is 2. The SMILES string of the molecule is COc1ccc(/C=C(\C#N)C(=O)OCCN2C(=O)c3ccccc3S2(=O)=O)cc1. The third kappa shape index (κ3) is 3.97. The van der Waals surface area contributed by atoms with E-state index in [1.54, 1.807) is 36.4 Å². The number of carbonyl (C=O) groups excluding carboxylic acids is 2. The number of benzene rings is 2. The summed E-state index contributed by atoms with van der Waals surface area (Å²) >= 11 is 0. The Kier molecular flexibility index (Phi) is 5.66. The molecule has 0 N–H and O–H groups in total. The van der Waals surface area contributed by atoms with Gasteiger partial charge in [-0.3, -0.25) is 4.79 Å². The van der Waals surface area contributed by atoms with Crippen molar-refractivity contribution in [3.63, 3.8) is 0 Å². The zero-order valence-corrected chi connectivity index (χ0v) is 16.2. The van der Waals surface area contributed by atoms with Gasteiger partial charge in [-0.15, -0.1) is 0 Å². The van der Waals surface area contributed by atoms with Crippen LogP contribution in [0.4, 0.5) is 0 Å². The molecule has 1 amide bonds. The molecule has 0 radical (unpaired) electrons. The Balaban J connectivity index is 1.65. The van der Waals surface area contributed by atoms with Gasteiger partial charge in [0.2, 0.25) is 0 Å². The summed E-state index contributed by atoms with van der Waals surface area (Å²) in [5.41, 5.74) is 0.414. The van der Waals surface area contributed by atoms with Gasteiger partial charge in [-0.2, -0.15) is 5.26 Å². The van der Waals surface area contributed by atoms with E-state index in [2.05, 4.69) is 0 Å². The van der Waals surface area contributed by atoms with E-state index in [0.717, 1.165) is 0 Å². The van der Waals surface area contributed by atoms with Crippen LogP contribution in [0.25, 0.3) is 6.08 Å². The molecule has 0 unspecified atom stereocenters. The molecule has 9 heteroatoms. The highest BCUT2D eigenvalue weighted by molar-refractivity contribution is 7.90. The van der Waals surface area contributed by atoms with Gasteiger partial charge in [0, 0.05) is 0 Å². The smallest absolute Gasteiger partial charge is 0.348 e. The van der Waals surface area contributed by atoms with E-state index in [9.17, 15) is 23.3 Å². The maximum atomic E-state index is 12.4. The fraction of sp³-hybridized carbons (Fsp3) is 0.150. The zero-order valence-electron chi connectivity index (χ0n) is 15.4. The molecule has 0 saturated carbocycles. The number of rotatable bonds is 6. The lowest BCUT2D eigenvalue weighted by Crippen LogP contribution is -2.33. The number of hydrogen-bond acceptors (Lipinski definition) is 7. The summed E-state index contributed by atoms with van der Waals surface area (Å²) in [5.74, 6) is -0.962. The monoisotopic (exact) mass is 412 g/mol. The number of sulfonamides is 1. The highest BCUT2D eigenvalue weighted by Crippen LogP contribution is 2.29. The molecule has 3 rings (SSSR count). The molecule has 0 saturated heterocycles. The standard InChI is InChI=1S/C20H16N2O6S/c1-27-16-8-6-14(7-9-16)12-15(13-21)20(24)28-11-10-22-19(23)17-4-2-3-5-18(17)29(22,25)26/h2-9,12H,10-11H2,1H3/b15-12+. The van der Waals surface area contributed by atoms with Crippen molar-refractivity contribution in [1.29, 1.82) is 5.26 Å². The van der Waals surface area contributed by atoms with Gasteiger partial charge in [0.25, 0.3) is 15.9 Å². The number of esters is 1. The van der Waals surface area contributed by atoms with Gasteiger partial charge in [0.05, 0.1) is 19.2 Å². The molecule has 2 aromatic rings. The first kappa shape index (κ1) is 20.1. The topological polar surface area (TPSA) is 114 Å². The fourth-order valence-corrected chi connectivity index (χ4v) is 4.31. The summed E-state index contributed by atoms with van der Waals surface area (Å²) < 4.78 is 35.6. The van der Waals surface area contributed by atoms with Crippen LogP contribution < -0.4 is 4.74 Å². The van der Waals surface area contributed by atoms with E-state index in [-0.39, 0.29) is 29.2 Å². The van der Waals surface area contributed by atoms with Crippen molar-refractivity contribution >= 4 is 28.0 Å². The molecule has 8 nitrogen and oxygen atoms in total. The van der Waals surface area contributed by atoms with E-state index in [1.807, 2.05) is 0 Å². The Labute approximate surface area is 167 Å². The normalized spacial score (nSPS) is 14.8. The molecule has 1 aliphatic heterocycles. The van der Waals surface area contributed by atoms with Crippen molar-refractivity contribution < 1.29 is 27.5 Å². The average molecular weight is 412 g/mol. The van der Waals surface area contributed by atoms with Crippen LogP contribution >= 0.6 is 0 Å². The Hall–Kier alpha value is -3.64. The predicted octanol–water partition coefficient (Wildman–Crippen LogP) is 1.99. The van der Waals surface area contributed by atoms with Gasteiger partial charge in [0.1, 0.15) is 28.9 Å². The first-order valence-electron chi connectivity index (χ1n) is 8.47. The van der Waals surface area contributed by atoms with E-state index in [1.165, 1.54) is 31.4 Å². The van der Waals surface area contributed by atoms with Crippen LogP contribution in [0.1, 0.15) is 15.9 Å². The second-order valence-electron chi connectivity index (χ2n) is 5.96. The van der Waals surface area contributed by atoms with Crippen molar-refractivity contribution in [2.24, 2.45) is 0 Å². The molecular weight excluding hydrogens is 396 g/mol. The number of fused-ring (bicyclic) bond motifs is 1. The molecule has 0 aromatic heterocycles. The highest BCUT2D eigenvalue weighted by atomic mass is 32.2. The summed E-state index contributed by atoms with van der Waals surface area (Å²) in [6, 6.07) is 14.3. The molecule has 1 heterocycles. The van der Waals surface area contributed by atoms with E-state index < -0.39 is 21.9 Å². The van der Waals surface area contributed by atoms with Gasteiger partial charge >= 0.3 is 5.97 Å². The summed E-state index contributed by atoms with van der Waals surface area (Å²) in [7, 11) is -2.45. The molecule has 0 bridgehead atoms. The lowest BCUT2D eigenvalue weighted by atomic mass is 10.1. The number of methoxy groups -OCH3 is 1. The number of carbonyl (C=O) groups is 2. The van der Waals surface area contributed by atoms with Crippen molar-refractivity contribution in [1.82, 2.24) is 4.31 Å². The largest absolute Gasteiger partial charge is 0.497 e. The lowest BCUT2D eigenvalue weighted by molar-refractivity contribution is -0.138. The Bertz CT molecular complexity index is 1130. The van der Waals surface area contributed by atoms with Crippen molar-refractivity contribution in [2.75, 3.05) is 20.3 Å². The molecule has 0 spiro atoms. The van der Waals surface area contributed by atoms with Gasteiger partial charge < -0.3 is 9.47 Å². The van der Waals surface area contributed by atoms with E-state index in [4.69, 9.17) is 9.47 Å². The molecule has 0 fully saturated rings. The molecule has 0 aliphatic carbocycles. The Morgan fingerprint density at radius 2 is 1.86 bits per heavy atom. The van der Waals surface area contributed by atoms with Crippen LogP contribution in [0.2, 0.25) is 0 Å². The number of amides is 1. The van der Waals surface area contributed by atoms with Gasteiger partial charge in [-0.25, -0.2) is 17.5 Å². The molecule has 1 aliphatic rings. The van der Waals surface area contributed by atoms with Crippen molar-refractivity contribution in [3.8, 4) is 11.8 Å². The Morgan fingerprint density at radius 3 is 2.48 bits per heavy atom. The molecule has 148 valence electrons. The fourth-order valence-electron chi connectivity index (χ4n) is 2.75. The Morgan fingerprint density at radius 1 is 1.17 bits per heavy atom. The predicted molar refractivity (Wildman–Crippen MR) is 102 cm³/mol. The van der Waals surface area contributed by atoms with Crippen molar-refractivity contribution in [3.05, 3.63) is 65.2 Å². The number of hydrogen-bond donors (Lipinski definition) is 0. The van der Waals surface area contributed by atoms with Crippen LogP contribution in [-0.2, 0) is 19.6 Å². The lowest BCUT2D eigenvalue weighted by Gasteiger charge is -2.14. The van der Waals surface area contributed by atoms with Crippen LogP contribution in [0, 0.1) is 11.3 Å². The highest BCUT2D eigenvalue weighted by Gasteiger charge is 2.40. The minimum atomic E-state index is -3.97. The molecule has 29 heavy (non-hydrogen) atoms. The average Bonchev–Trinajstić information content (AvgIpc) is 2.93. The first-order chi connectivity index (χ1) is 13.9. The molecule has 2 aromatic carbocycles. The summed E-state index contributed by atoms with van der Waals surface area (Å²) in [6.45, 7) is -0.720. The maximum Gasteiger partial charge on any atom is 0.348 e. The molecular formula is C20H16N2O6S. The quantitative estimate of drug-likeness (QED) is 0.405. The second-order valence-corrected chi connectivity index (χ2v) is 7.79. The van der Waals surface area contributed by atoms with Crippen LogP contribution in [0.3, 0.4) is 0 Å². The second kappa shape index (κ2) is 8.16. The van der Waals surface area contributed by atoms with Crippen molar-refractivity contribution in [2.45, 2.75) is 4.90 Å². The van der Waals surface area contributed by atoms with Crippen LogP contribution in [0.5, 0.6) is 5.75 Å². The van der Waals surface area contributed by atoms with Gasteiger partial charge in [0.15, 0.2) is 0 Å². The zero-order chi connectivity index (χ0) is 21.0. The van der Waals surface area contributed by atoms with Gasteiger partial charge in [-0.05, 0) is 35.9 Å². The van der Waals surface area contributed by atoms with Gasteiger partial charge in [-0.1, -0.05) is 24.3 Å². The van der Waals surface area contributed by atoms with E-state index in [0.29, 0.717) is 15.6 Å². The maximum absolute atomic E-state index is 12.4. The number of ether oxygens (including phenoxy) is 2. The summed E-state index contributed by atoms with van der Waals surface area (Å²) in [4.78, 5) is 24.4. The van der Waals surface area contributed by atoms with Crippen LogP contribution in [0.15, 0.2) is 59.0 Å². The minimum Gasteiger partial charge on any atom is -0.497 e. The molecule has 0 atom stereocenters. The summed E-state index contributed by atoms with van der Waals surface area (Å²) in [5, 5.41) is 9.21. The third-order valence-electron chi connectivity index (χ3n) is 4.21. The summed E-state index contributed by atoms with van der Waals surface area (Å²) in [6.07, 6.45) is 1.34. The third-order valence-corrected chi connectivity index (χ3v) is 6.05. The van der Waals surface area contributed by atoms with Crippen LogP contribution in [-0.4, -0.2) is 44.9 Å². The number of nitriles is 1.